The van der Waals surface area contributed by atoms with E-state index in [0.29, 0.717) is 0 Å². The Morgan fingerprint density at radius 3 is 2.95 bits per heavy atom. The van der Waals surface area contributed by atoms with Crippen molar-refractivity contribution in [3.05, 3.63) is 62.6 Å². The SMILES string of the molecule is Clc1cc2c(c(CNCc3cccc(Br)c3)c1)OCC2. The van der Waals surface area contributed by atoms with Crippen LogP contribution in [0.25, 0.3) is 0 Å². The van der Waals surface area contributed by atoms with Crippen molar-refractivity contribution in [3.8, 4) is 5.75 Å². The fraction of sp³-hybridized carbons (Fsp3) is 0.250. The Morgan fingerprint density at radius 1 is 1.20 bits per heavy atom. The highest BCUT2D eigenvalue weighted by Gasteiger charge is 2.17. The van der Waals surface area contributed by atoms with Gasteiger partial charge < -0.3 is 10.1 Å². The molecule has 0 unspecified atom stereocenters. The lowest BCUT2D eigenvalue weighted by atomic mass is 10.1. The molecule has 0 radical (unpaired) electrons. The van der Waals surface area contributed by atoms with Gasteiger partial charge in [0.25, 0.3) is 0 Å². The van der Waals surface area contributed by atoms with Crippen LogP contribution in [0.15, 0.2) is 40.9 Å². The molecule has 2 aromatic carbocycles. The van der Waals surface area contributed by atoms with Gasteiger partial charge in [0.15, 0.2) is 0 Å². The van der Waals surface area contributed by atoms with E-state index in [0.717, 1.165) is 46.9 Å². The summed E-state index contributed by atoms with van der Waals surface area (Å²) in [4.78, 5) is 0. The molecule has 0 aliphatic carbocycles. The van der Waals surface area contributed by atoms with Crippen molar-refractivity contribution < 1.29 is 4.74 Å². The number of hydrogen-bond donors (Lipinski definition) is 1. The van der Waals surface area contributed by atoms with Gasteiger partial charge in [0.05, 0.1) is 6.61 Å². The van der Waals surface area contributed by atoms with Gasteiger partial charge in [-0.3, -0.25) is 0 Å². The Kier molecular flexibility index (Phi) is 4.29. The number of benzene rings is 2. The topological polar surface area (TPSA) is 21.3 Å². The van der Waals surface area contributed by atoms with E-state index in [1.54, 1.807) is 0 Å². The van der Waals surface area contributed by atoms with Gasteiger partial charge in [0.1, 0.15) is 5.75 Å². The maximum atomic E-state index is 6.16. The first-order valence-electron chi connectivity index (χ1n) is 6.61. The van der Waals surface area contributed by atoms with Crippen LogP contribution in [-0.4, -0.2) is 6.61 Å². The van der Waals surface area contributed by atoms with Crippen molar-refractivity contribution in [1.82, 2.24) is 5.32 Å². The summed E-state index contributed by atoms with van der Waals surface area (Å²) in [5.74, 6) is 1.01. The Bertz CT molecular complexity index is 630. The van der Waals surface area contributed by atoms with E-state index < -0.39 is 0 Å². The summed E-state index contributed by atoms with van der Waals surface area (Å²) in [6, 6.07) is 12.3. The highest BCUT2D eigenvalue weighted by atomic mass is 79.9. The van der Waals surface area contributed by atoms with Gasteiger partial charge in [-0.2, -0.15) is 0 Å². The van der Waals surface area contributed by atoms with Gasteiger partial charge in [-0.05, 0) is 35.4 Å². The molecule has 1 N–H and O–H groups in total. The molecule has 104 valence electrons. The maximum Gasteiger partial charge on any atom is 0.127 e. The third kappa shape index (κ3) is 3.17. The Hall–Kier alpha value is -1.03. The molecule has 1 aliphatic rings. The average Bonchev–Trinajstić information content (AvgIpc) is 2.87. The summed E-state index contributed by atoms with van der Waals surface area (Å²) in [5.41, 5.74) is 3.61. The quantitative estimate of drug-likeness (QED) is 0.884. The van der Waals surface area contributed by atoms with Crippen molar-refractivity contribution in [2.24, 2.45) is 0 Å². The van der Waals surface area contributed by atoms with Gasteiger partial charge in [-0.1, -0.05) is 39.7 Å². The van der Waals surface area contributed by atoms with Crippen LogP contribution in [0.4, 0.5) is 0 Å². The molecule has 0 saturated heterocycles. The van der Waals surface area contributed by atoms with Gasteiger partial charge in [0.2, 0.25) is 0 Å². The van der Waals surface area contributed by atoms with Crippen LogP contribution in [0, 0.1) is 0 Å². The fourth-order valence-electron chi connectivity index (χ4n) is 2.47. The van der Waals surface area contributed by atoms with Crippen LogP contribution in [0.5, 0.6) is 5.75 Å². The molecule has 20 heavy (non-hydrogen) atoms. The molecule has 0 amide bonds. The summed E-state index contributed by atoms with van der Waals surface area (Å²) in [5, 5.41) is 4.23. The summed E-state index contributed by atoms with van der Waals surface area (Å²) in [6.07, 6.45) is 0.953. The Labute approximate surface area is 132 Å². The first-order valence-corrected chi connectivity index (χ1v) is 7.79. The molecular weight excluding hydrogens is 338 g/mol. The second-order valence-electron chi connectivity index (χ2n) is 4.89. The third-order valence-electron chi connectivity index (χ3n) is 3.36. The number of halogens is 2. The number of rotatable bonds is 4. The van der Waals surface area contributed by atoms with Gasteiger partial charge >= 0.3 is 0 Å². The summed E-state index contributed by atoms with van der Waals surface area (Å²) in [6.45, 7) is 2.34. The van der Waals surface area contributed by atoms with E-state index in [9.17, 15) is 0 Å². The average molecular weight is 353 g/mol. The lowest BCUT2D eigenvalue weighted by Crippen LogP contribution is -2.13. The zero-order chi connectivity index (χ0) is 13.9. The molecule has 0 bridgehead atoms. The predicted octanol–water partition coefficient (Wildman–Crippen LogP) is 4.33. The van der Waals surface area contributed by atoms with E-state index in [1.165, 1.54) is 11.1 Å². The second kappa shape index (κ2) is 6.17. The Morgan fingerprint density at radius 2 is 2.10 bits per heavy atom. The highest BCUT2D eigenvalue weighted by molar-refractivity contribution is 9.10. The lowest BCUT2D eigenvalue weighted by Gasteiger charge is -2.10. The summed E-state index contributed by atoms with van der Waals surface area (Å²) < 4.78 is 6.80. The molecule has 0 fully saturated rings. The number of nitrogens with one attached hydrogen (secondary N) is 1. The summed E-state index contributed by atoms with van der Waals surface area (Å²) in [7, 11) is 0. The van der Waals surface area contributed by atoms with Crippen LogP contribution in [0.1, 0.15) is 16.7 Å². The largest absolute Gasteiger partial charge is 0.493 e. The van der Waals surface area contributed by atoms with Crippen molar-refractivity contribution in [1.29, 1.82) is 0 Å². The molecular formula is C16H15BrClNO. The van der Waals surface area contributed by atoms with Gasteiger partial charge in [0, 0.05) is 34.6 Å². The van der Waals surface area contributed by atoms with Crippen molar-refractivity contribution in [3.63, 3.8) is 0 Å². The predicted molar refractivity (Wildman–Crippen MR) is 85.3 cm³/mol. The molecule has 1 heterocycles. The molecule has 3 rings (SSSR count). The van der Waals surface area contributed by atoms with Crippen LogP contribution < -0.4 is 10.1 Å². The van der Waals surface area contributed by atoms with E-state index in [1.807, 2.05) is 24.3 Å². The van der Waals surface area contributed by atoms with Crippen LogP contribution in [0.3, 0.4) is 0 Å². The molecule has 0 aromatic heterocycles. The first-order chi connectivity index (χ1) is 9.72. The van der Waals surface area contributed by atoms with Crippen molar-refractivity contribution in [2.45, 2.75) is 19.5 Å². The normalized spacial score (nSPS) is 13.1. The zero-order valence-electron chi connectivity index (χ0n) is 11.0. The zero-order valence-corrected chi connectivity index (χ0v) is 13.3. The standard InChI is InChI=1S/C16H15BrClNO/c17-14-3-1-2-11(6-14)9-19-10-13-8-15(18)7-12-4-5-20-16(12)13/h1-3,6-8,19H,4-5,9-10H2. The molecule has 2 aromatic rings. The maximum absolute atomic E-state index is 6.16. The molecule has 4 heteroatoms. The third-order valence-corrected chi connectivity index (χ3v) is 4.07. The number of fused-ring (bicyclic) bond motifs is 1. The smallest absolute Gasteiger partial charge is 0.127 e. The van der Waals surface area contributed by atoms with Crippen molar-refractivity contribution >= 4 is 27.5 Å². The van der Waals surface area contributed by atoms with Gasteiger partial charge in [-0.25, -0.2) is 0 Å². The molecule has 1 aliphatic heterocycles. The first kappa shape index (κ1) is 13.9. The molecule has 0 saturated carbocycles. The van der Waals surface area contributed by atoms with E-state index >= 15 is 0 Å². The monoisotopic (exact) mass is 351 g/mol. The van der Waals surface area contributed by atoms with E-state index in [4.69, 9.17) is 16.3 Å². The minimum Gasteiger partial charge on any atom is -0.493 e. The summed E-state index contributed by atoms with van der Waals surface area (Å²) >= 11 is 9.64. The van der Waals surface area contributed by atoms with E-state index in [2.05, 4.69) is 33.4 Å². The number of hydrogen-bond acceptors (Lipinski definition) is 2. The lowest BCUT2D eigenvalue weighted by molar-refractivity contribution is 0.352. The van der Waals surface area contributed by atoms with Crippen LogP contribution in [0.2, 0.25) is 5.02 Å². The van der Waals surface area contributed by atoms with Crippen LogP contribution in [-0.2, 0) is 19.5 Å². The highest BCUT2D eigenvalue weighted by Crippen LogP contribution is 2.32. The molecule has 0 spiro atoms. The minimum absolute atomic E-state index is 0.758. The second-order valence-corrected chi connectivity index (χ2v) is 6.24. The van der Waals surface area contributed by atoms with E-state index in [-0.39, 0.29) is 0 Å². The van der Waals surface area contributed by atoms with Crippen molar-refractivity contribution in [2.75, 3.05) is 6.61 Å². The Balaban J connectivity index is 1.67. The minimum atomic E-state index is 0.758. The van der Waals surface area contributed by atoms with Gasteiger partial charge in [-0.15, -0.1) is 0 Å². The fourth-order valence-corrected chi connectivity index (χ4v) is 3.18. The van der Waals surface area contributed by atoms with Crippen LogP contribution >= 0.6 is 27.5 Å². The molecule has 0 atom stereocenters. The molecule has 2 nitrogen and oxygen atoms in total. The number of ether oxygens (including phenoxy) is 1.